The first-order valence-corrected chi connectivity index (χ1v) is 5.57. The van der Waals surface area contributed by atoms with Crippen molar-refractivity contribution in [2.75, 3.05) is 18.0 Å². The SMILES string of the molecule is CC(C(=O)O)C1CN(c2cc([N+](=O)[O-])ccn2)C1. The second-order valence-corrected chi connectivity index (χ2v) is 4.42. The molecule has 0 amide bonds. The van der Waals surface area contributed by atoms with Gasteiger partial charge in [-0.25, -0.2) is 4.98 Å². The van der Waals surface area contributed by atoms with Gasteiger partial charge >= 0.3 is 5.97 Å². The standard InChI is InChI=1S/C11H13N3O4/c1-7(11(15)16)8-5-13(6-8)10-4-9(14(17)18)2-3-12-10/h2-4,7-8H,5-6H2,1H3,(H,15,16). The summed E-state index contributed by atoms with van der Waals surface area (Å²) in [7, 11) is 0. The van der Waals surface area contributed by atoms with Gasteiger partial charge in [-0.1, -0.05) is 6.92 Å². The molecule has 96 valence electrons. The number of aromatic nitrogens is 1. The van der Waals surface area contributed by atoms with Crippen LogP contribution in [0.4, 0.5) is 11.5 Å². The van der Waals surface area contributed by atoms with Crippen LogP contribution in [0.3, 0.4) is 0 Å². The first-order chi connectivity index (χ1) is 8.49. The molecule has 1 fully saturated rings. The maximum absolute atomic E-state index is 10.8. The maximum atomic E-state index is 10.8. The summed E-state index contributed by atoms with van der Waals surface area (Å²) in [6.45, 7) is 2.81. The number of carboxylic acids is 1. The summed E-state index contributed by atoms with van der Waals surface area (Å²) in [6.07, 6.45) is 1.39. The van der Waals surface area contributed by atoms with E-state index in [4.69, 9.17) is 5.11 Å². The van der Waals surface area contributed by atoms with Gasteiger partial charge in [0, 0.05) is 31.3 Å². The molecule has 1 aliphatic heterocycles. The van der Waals surface area contributed by atoms with Gasteiger partial charge in [-0.15, -0.1) is 0 Å². The number of anilines is 1. The minimum Gasteiger partial charge on any atom is -0.481 e. The van der Waals surface area contributed by atoms with Crippen molar-refractivity contribution in [3.05, 3.63) is 28.4 Å². The molecule has 1 saturated heterocycles. The number of hydrogen-bond donors (Lipinski definition) is 1. The van der Waals surface area contributed by atoms with Crippen molar-refractivity contribution in [1.82, 2.24) is 4.98 Å². The Kier molecular flexibility index (Phi) is 3.14. The van der Waals surface area contributed by atoms with Crippen molar-refractivity contribution in [2.45, 2.75) is 6.92 Å². The third-order valence-electron chi connectivity index (χ3n) is 3.27. The number of nitrogens with zero attached hydrogens (tertiary/aromatic N) is 3. The second kappa shape index (κ2) is 4.59. The molecule has 1 unspecified atom stereocenters. The van der Waals surface area contributed by atoms with Crippen LogP contribution >= 0.6 is 0 Å². The molecule has 0 bridgehead atoms. The number of rotatable bonds is 4. The van der Waals surface area contributed by atoms with E-state index >= 15 is 0 Å². The molecule has 18 heavy (non-hydrogen) atoms. The van der Waals surface area contributed by atoms with Crippen LogP contribution in [0, 0.1) is 22.0 Å². The van der Waals surface area contributed by atoms with Crippen molar-refractivity contribution in [3.63, 3.8) is 0 Å². The van der Waals surface area contributed by atoms with E-state index in [1.165, 1.54) is 18.3 Å². The topological polar surface area (TPSA) is 96.6 Å². The zero-order chi connectivity index (χ0) is 13.3. The predicted molar refractivity (Wildman–Crippen MR) is 63.4 cm³/mol. The van der Waals surface area contributed by atoms with Gasteiger partial charge in [0.1, 0.15) is 5.82 Å². The minimum atomic E-state index is -0.813. The molecular formula is C11H13N3O4. The summed E-state index contributed by atoms with van der Waals surface area (Å²) in [6, 6.07) is 2.74. The molecule has 1 aromatic heterocycles. The lowest BCUT2D eigenvalue weighted by molar-refractivity contribution is -0.384. The first-order valence-electron chi connectivity index (χ1n) is 5.57. The summed E-state index contributed by atoms with van der Waals surface area (Å²) in [5.74, 6) is -0.617. The largest absolute Gasteiger partial charge is 0.481 e. The molecule has 1 N–H and O–H groups in total. The number of nitro groups is 1. The van der Waals surface area contributed by atoms with E-state index in [1.807, 2.05) is 4.90 Å². The van der Waals surface area contributed by atoms with E-state index in [2.05, 4.69) is 4.98 Å². The van der Waals surface area contributed by atoms with Crippen LogP contribution < -0.4 is 4.90 Å². The summed E-state index contributed by atoms with van der Waals surface area (Å²) in [5, 5.41) is 19.5. The number of pyridine rings is 1. The molecule has 7 nitrogen and oxygen atoms in total. The van der Waals surface area contributed by atoms with Crippen LogP contribution in [-0.2, 0) is 4.79 Å². The van der Waals surface area contributed by atoms with Crippen LogP contribution in [0.15, 0.2) is 18.3 Å². The zero-order valence-electron chi connectivity index (χ0n) is 9.81. The molecule has 0 spiro atoms. The lowest BCUT2D eigenvalue weighted by atomic mass is 9.87. The fourth-order valence-electron chi connectivity index (χ4n) is 1.91. The number of aliphatic carboxylic acids is 1. The van der Waals surface area contributed by atoms with Gasteiger partial charge in [0.05, 0.1) is 16.9 Å². The first kappa shape index (κ1) is 12.3. The van der Waals surface area contributed by atoms with Gasteiger partial charge in [-0.05, 0) is 0 Å². The van der Waals surface area contributed by atoms with E-state index in [0.29, 0.717) is 18.9 Å². The predicted octanol–water partition coefficient (Wildman–Crippen LogP) is 1.15. The number of carbonyl (C=O) groups is 1. The highest BCUT2D eigenvalue weighted by atomic mass is 16.6. The van der Waals surface area contributed by atoms with Crippen molar-refractivity contribution in [3.8, 4) is 0 Å². The summed E-state index contributed by atoms with van der Waals surface area (Å²) >= 11 is 0. The fourth-order valence-corrected chi connectivity index (χ4v) is 1.91. The van der Waals surface area contributed by atoms with E-state index in [0.717, 1.165) is 0 Å². The van der Waals surface area contributed by atoms with Crippen LogP contribution in [0.25, 0.3) is 0 Å². The van der Waals surface area contributed by atoms with Gasteiger partial charge in [0.15, 0.2) is 0 Å². The summed E-state index contributed by atoms with van der Waals surface area (Å²) < 4.78 is 0. The highest BCUT2D eigenvalue weighted by Gasteiger charge is 2.35. The molecule has 0 radical (unpaired) electrons. The average Bonchev–Trinajstić information content (AvgIpc) is 2.27. The van der Waals surface area contributed by atoms with Crippen LogP contribution in [0.5, 0.6) is 0 Å². The maximum Gasteiger partial charge on any atom is 0.306 e. The van der Waals surface area contributed by atoms with Crippen molar-refractivity contribution in [2.24, 2.45) is 11.8 Å². The van der Waals surface area contributed by atoms with Crippen molar-refractivity contribution >= 4 is 17.5 Å². The fraction of sp³-hybridized carbons (Fsp3) is 0.455. The average molecular weight is 251 g/mol. The van der Waals surface area contributed by atoms with Crippen LogP contribution in [-0.4, -0.2) is 34.1 Å². The van der Waals surface area contributed by atoms with Gasteiger partial charge in [-0.2, -0.15) is 0 Å². The van der Waals surface area contributed by atoms with E-state index in [9.17, 15) is 14.9 Å². The second-order valence-electron chi connectivity index (χ2n) is 4.42. The molecular weight excluding hydrogens is 238 g/mol. The third kappa shape index (κ3) is 2.24. The molecule has 1 aliphatic rings. The Labute approximate surface area is 103 Å². The molecule has 0 aliphatic carbocycles. The zero-order valence-corrected chi connectivity index (χ0v) is 9.81. The van der Waals surface area contributed by atoms with Crippen LogP contribution in [0.1, 0.15) is 6.92 Å². The smallest absolute Gasteiger partial charge is 0.306 e. The monoisotopic (exact) mass is 251 g/mol. The third-order valence-corrected chi connectivity index (χ3v) is 3.27. The Morgan fingerprint density at radius 1 is 1.67 bits per heavy atom. The van der Waals surface area contributed by atoms with E-state index < -0.39 is 16.8 Å². The van der Waals surface area contributed by atoms with E-state index in [1.54, 1.807) is 6.92 Å². The molecule has 2 rings (SSSR count). The highest BCUT2D eigenvalue weighted by Crippen LogP contribution is 2.29. The van der Waals surface area contributed by atoms with Crippen LogP contribution in [0.2, 0.25) is 0 Å². The van der Waals surface area contributed by atoms with Gasteiger partial charge in [0.25, 0.3) is 5.69 Å². The Bertz CT molecular complexity index is 485. The Morgan fingerprint density at radius 2 is 2.33 bits per heavy atom. The van der Waals surface area contributed by atoms with Gasteiger partial charge in [0.2, 0.25) is 0 Å². The normalized spacial score (nSPS) is 17.1. The minimum absolute atomic E-state index is 0.00488. The van der Waals surface area contributed by atoms with Crippen molar-refractivity contribution < 1.29 is 14.8 Å². The number of hydrogen-bond acceptors (Lipinski definition) is 5. The number of carboxylic acid groups (broad SMARTS) is 1. The Balaban J connectivity index is 2.02. The van der Waals surface area contributed by atoms with E-state index in [-0.39, 0.29) is 11.6 Å². The Hall–Kier alpha value is -2.18. The van der Waals surface area contributed by atoms with Gasteiger partial charge < -0.3 is 10.0 Å². The molecule has 1 aromatic rings. The van der Waals surface area contributed by atoms with Gasteiger partial charge in [-0.3, -0.25) is 14.9 Å². The lowest BCUT2D eigenvalue weighted by Gasteiger charge is -2.41. The molecule has 1 atom stereocenters. The molecule has 2 heterocycles. The Morgan fingerprint density at radius 3 is 2.89 bits per heavy atom. The quantitative estimate of drug-likeness (QED) is 0.636. The molecule has 7 heteroatoms. The summed E-state index contributed by atoms with van der Waals surface area (Å²) in [4.78, 5) is 26.9. The lowest BCUT2D eigenvalue weighted by Crippen LogP contribution is -2.51. The molecule has 0 aromatic carbocycles. The molecule has 0 saturated carbocycles. The summed E-state index contributed by atoms with van der Waals surface area (Å²) in [5.41, 5.74) is -0.00488. The van der Waals surface area contributed by atoms with Crippen molar-refractivity contribution in [1.29, 1.82) is 0 Å². The highest BCUT2D eigenvalue weighted by molar-refractivity contribution is 5.70.